The fourth-order valence-electron chi connectivity index (χ4n) is 2.67. The number of carbonyl (C=O) groups excluding carboxylic acids is 1. The second-order valence-corrected chi connectivity index (χ2v) is 8.07. The Hall–Kier alpha value is -2.60. The Morgan fingerprint density at radius 3 is 2.38 bits per heavy atom. The van der Waals surface area contributed by atoms with Gasteiger partial charge in [-0.25, -0.2) is 0 Å². The molecule has 0 aliphatic carbocycles. The summed E-state index contributed by atoms with van der Waals surface area (Å²) in [4.78, 5) is 12.1. The summed E-state index contributed by atoms with van der Waals surface area (Å²) in [7, 11) is 0. The highest BCUT2D eigenvalue weighted by Gasteiger charge is 2.13. The van der Waals surface area contributed by atoms with E-state index in [9.17, 15) is 4.79 Å². The van der Waals surface area contributed by atoms with Crippen LogP contribution in [0.15, 0.2) is 48.5 Å². The summed E-state index contributed by atoms with van der Waals surface area (Å²) in [5.41, 5.74) is 2.10. The molecule has 0 saturated carbocycles. The van der Waals surface area contributed by atoms with Crippen LogP contribution in [0.5, 0.6) is 11.5 Å². The SMILES string of the molecule is CCOc1ccccc1NC(=S)NC(=O)CCCOc1ccc(C(C)(C)C)cc1. The van der Waals surface area contributed by atoms with Crippen molar-refractivity contribution in [2.45, 2.75) is 46.0 Å². The first-order chi connectivity index (χ1) is 13.8. The van der Waals surface area contributed by atoms with Gasteiger partial charge in [0.2, 0.25) is 5.91 Å². The molecule has 156 valence electrons. The van der Waals surface area contributed by atoms with Crippen LogP contribution in [0.25, 0.3) is 0 Å². The van der Waals surface area contributed by atoms with E-state index < -0.39 is 0 Å². The molecule has 0 saturated heterocycles. The molecular weight excluding hydrogens is 384 g/mol. The molecule has 2 aromatic rings. The Kier molecular flexibility index (Phi) is 8.46. The Balaban J connectivity index is 1.71. The van der Waals surface area contributed by atoms with Crippen molar-refractivity contribution in [3.8, 4) is 11.5 Å². The van der Waals surface area contributed by atoms with E-state index in [0.717, 1.165) is 11.4 Å². The molecule has 0 fully saturated rings. The molecule has 0 aliphatic heterocycles. The molecule has 0 radical (unpaired) electrons. The molecule has 5 nitrogen and oxygen atoms in total. The van der Waals surface area contributed by atoms with E-state index in [4.69, 9.17) is 21.7 Å². The van der Waals surface area contributed by atoms with Gasteiger partial charge in [0.25, 0.3) is 0 Å². The largest absolute Gasteiger partial charge is 0.494 e. The first-order valence-electron chi connectivity index (χ1n) is 9.85. The number of rotatable bonds is 8. The summed E-state index contributed by atoms with van der Waals surface area (Å²) in [6, 6.07) is 15.5. The third-order valence-corrected chi connectivity index (χ3v) is 4.43. The minimum atomic E-state index is -0.150. The number of anilines is 1. The van der Waals surface area contributed by atoms with Gasteiger partial charge in [-0.3, -0.25) is 4.79 Å². The maximum atomic E-state index is 12.1. The van der Waals surface area contributed by atoms with Crippen LogP contribution in [0.2, 0.25) is 0 Å². The van der Waals surface area contributed by atoms with Gasteiger partial charge < -0.3 is 20.1 Å². The predicted molar refractivity (Wildman–Crippen MR) is 122 cm³/mol. The molecule has 0 spiro atoms. The molecule has 0 bridgehead atoms. The number of benzene rings is 2. The second kappa shape index (κ2) is 10.8. The van der Waals surface area contributed by atoms with E-state index in [1.54, 1.807) is 0 Å². The summed E-state index contributed by atoms with van der Waals surface area (Å²) in [6.07, 6.45) is 0.931. The van der Waals surface area contributed by atoms with Gasteiger partial charge >= 0.3 is 0 Å². The van der Waals surface area contributed by atoms with E-state index in [-0.39, 0.29) is 16.4 Å². The van der Waals surface area contributed by atoms with Crippen LogP contribution in [-0.2, 0) is 10.2 Å². The van der Waals surface area contributed by atoms with Crippen molar-refractivity contribution in [3.05, 3.63) is 54.1 Å². The number of amides is 1. The minimum Gasteiger partial charge on any atom is -0.494 e. The minimum absolute atomic E-state index is 0.117. The zero-order chi connectivity index (χ0) is 21.3. The van der Waals surface area contributed by atoms with Crippen molar-refractivity contribution in [1.82, 2.24) is 5.32 Å². The summed E-state index contributed by atoms with van der Waals surface area (Å²) in [5.74, 6) is 1.35. The lowest BCUT2D eigenvalue weighted by molar-refractivity contribution is -0.119. The Morgan fingerprint density at radius 1 is 1.03 bits per heavy atom. The predicted octanol–water partition coefficient (Wildman–Crippen LogP) is 5.06. The highest BCUT2D eigenvalue weighted by molar-refractivity contribution is 7.80. The molecule has 29 heavy (non-hydrogen) atoms. The number of para-hydroxylation sites is 2. The maximum Gasteiger partial charge on any atom is 0.226 e. The van der Waals surface area contributed by atoms with Crippen LogP contribution in [0.3, 0.4) is 0 Å². The van der Waals surface area contributed by atoms with Crippen LogP contribution in [0.1, 0.15) is 46.1 Å². The van der Waals surface area contributed by atoms with Gasteiger partial charge in [0.15, 0.2) is 5.11 Å². The Morgan fingerprint density at radius 2 is 1.72 bits per heavy atom. The highest BCUT2D eigenvalue weighted by Crippen LogP contribution is 2.25. The summed E-state index contributed by atoms with van der Waals surface area (Å²) >= 11 is 5.22. The smallest absolute Gasteiger partial charge is 0.226 e. The fourth-order valence-corrected chi connectivity index (χ4v) is 2.89. The topological polar surface area (TPSA) is 59.6 Å². The first-order valence-corrected chi connectivity index (χ1v) is 10.3. The molecular formula is C23H30N2O3S. The fraction of sp³-hybridized carbons (Fsp3) is 0.391. The van der Waals surface area contributed by atoms with Gasteiger partial charge in [0.1, 0.15) is 11.5 Å². The molecule has 0 atom stereocenters. The maximum absolute atomic E-state index is 12.1. The summed E-state index contributed by atoms with van der Waals surface area (Å²) < 4.78 is 11.3. The van der Waals surface area contributed by atoms with E-state index in [1.165, 1.54) is 5.56 Å². The lowest BCUT2D eigenvalue weighted by atomic mass is 9.87. The van der Waals surface area contributed by atoms with Crippen molar-refractivity contribution in [1.29, 1.82) is 0 Å². The van der Waals surface area contributed by atoms with Crippen molar-refractivity contribution in [3.63, 3.8) is 0 Å². The average molecular weight is 415 g/mol. The number of hydrogen-bond donors (Lipinski definition) is 2. The van der Waals surface area contributed by atoms with Crippen molar-refractivity contribution in [2.24, 2.45) is 0 Å². The highest BCUT2D eigenvalue weighted by atomic mass is 32.1. The van der Waals surface area contributed by atoms with Crippen LogP contribution in [0.4, 0.5) is 5.69 Å². The first kappa shape index (κ1) is 22.7. The third kappa shape index (κ3) is 7.74. The zero-order valence-electron chi connectivity index (χ0n) is 17.6. The number of thiocarbonyl (C=S) groups is 1. The van der Waals surface area contributed by atoms with Crippen LogP contribution in [-0.4, -0.2) is 24.2 Å². The number of ether oxygens (including phenoxy) is 2. The van der Waals surface area contributed by atoms with Gasteiger partial charge in [-0.1, -0.05) is 45.0 Å². The molecule has 0 aliphatic rings. The average Bonchev–Trinajstić information content (AvgIpc) is 2.66. The lowest BCUT2D eigenvalue weighted by Gasteiger charge is -2.19. The van der Waals surface area contributed by atoms with Gasteiger partial charge in [-0.2, -0.15) is 0 Å². The quantitative estimate of drug-likeness (QED) is 0.467. The standard InChI is InChI=1S/C23H30N2O3S/c1-5-27-20-10-7-6-9-19(20)24-22(29)25-21(26)11-8-16-28-18-14-12-17(13-15-18)23(2,3)4/h6-7,9-10,12-15H,5,8,11,16H2,1-4H3,(H2,24,25,26,29). The normalized spacial score (nSPS) is 10.9. The molecule has 2 aromatic carbocycles. The second-order valence-electron chi connectivity index (χ2n) is 7.66. The number of carbonyl (C=O) groups is 1. The number of hydrogen-bond acceptors (Lipinski definition) is 4. The lowest BCUT2D eigenvalue weighted by Crippen LogP contribution is -2.34. The van der Waals surface area contributed by atoms with Crippen molar-refractivity contribution in [2.75, 3.05) is 18.5 Å². The van der Waals surface area contributed by atoms with Gasteiger partial charge in [0.05, 0.1) is 18.9 Å². The van der Waals surface area contributed by atoms with E-state index in [2.05, 4.69) is 43.5 Å². The van der Waals surface area contributed by atoms with Crippen LogP contribution in [0, 0.1) is 0 Å². The molecule has 0 unspecified atom stereocenters. The molecule has 2 N–H and O–H groups in total. The monoisotopic (exact) mass is 414 g/mol. The molecule has 2 rings (SSSR count). The molecule has 0 heterocycles. The van der Waals surface area contributed by atoms with Crippen molar-refractivity contribution >= 4 is 28.9 Å². The Labute approximate surface area is 178 Å². The van der Waals surface area contributed by atoms with Gasteiger partial charge in [-0.05, 0) is 60.8 Å². The molecule has 1 amide bonds. The molecule has 6 heteroatoms. The number of nitrogens with one attached hydrogen (secondary N) is 2. The summed E-state index contributed by atoms with van der Waals surface area (Å²) in [6.45, 7) is 9.47. The molecule has 0 aromatic heterocycles. The van der Waals surface area contributed by atoms with Gasteiger partial charge in [0, 0.05) is 6.42 Å². The van der Waals surface area contributed by atoms with Gasteiger partial charge in [-0.15, -0.1) is 0 Å². The van der Waals surface area contributed by atoms with Crippen molar-refractivity contribution < 1.29 is 14.3 Å². The van der Waals surface area contributed by atoms with E-state index in [1.807, 2.05) is 43.3 Å². The Bertz CT molecular complexity index is 814. The zero-order valence-corrected chi connectivity index (χ0v) is 18.4. The third-order valence-electron chi connectivity index (χ3n) is 4.23. The summed E-state index contributed by atoms with van der Waals surface area (Å²) in [5, 5.41) is 5.94. The van der Waals surface area contributed by atoms with Crippen LogP contribution >= 0.6 is 12.2 Å². The van der Waals surface area contributed by atoms with E-state index >= 15 is 0 Å². The van der Waals surface area contributed by atoms with Crippen LogP contribution < -0.4 is 20.1 Å². The van der Waals surface area contributed by atoms with E-state index in [0.29, 0.717) is 31.8 Å².